The third kappa shape index (κ3) is 3.21. The van der Waals surface area contributed by atoms with Gasteiger partial charge in [0.25, 0.3) is 10.0 Å². The molecule has 2 unspecified atom stereocenters. The van der Waals surface area contributed by atoms with Crippen LogP contribution < -0.4 is 5.32 Å². The van der Waals surface area contributed by atoms with Gasteiger partial charge in [0.05, 0.1) is 24.2 Å². The van der Waals surface area contributed by atoms with E-state index in [0.29, 0.717) is 23.0 Å². The van der Waals surface area contributed by atoms with Crippen molar-refractivity contribution in [2.75, 3.05) is 7.11 Å². The van der Waals surface area contributed by atoms with Gasteiger partial charge in [-0.25, -0.2) is 26.9 Å². The molecule has 0 spiro atoms. The molecular formula is C20H20N6O4S. The van der Waals surface area contributed by atoms with Gasteiger partial charge in [-0.05, 0) is 37.5 Å². The average molecular weight is 440 g/mol. The van der Waals surface area contributed by atoms with Crippen LogP contribution in [-0.2, 0) is 14.8 Å². The van der Waals surface area contributed by atoms with E-state index in [0.717, 1.165) is 18.4 Å². The Bertz CT molecular complexity index is 1380. The van der Waals surface area contributed by atoms with Crippen LogP contribution in [0.2, 0.25) is 0 Å². The number of carbonyl (C=O) groups excluding carboxylic acids is 1. The summed E-state index contributed by atoms with van der Waals surface area (Å²) < 4.78 is 33.9. The van der Waals surface area contributed by atoms with Crippen molar-refractivity contribution in [2.45, 2.75) is 36.2 Å². The number of hydrogen-bond acceptors (Lipinski definition) is 7. The van der Waals surface area contributed by atoms with Crippen LogP contribution in [0, 0.1) is 0 Å². The molecule has 160 valence electrons. The summed E-state index contributed by atoms with van der Waals surface area (Å²) in [5.74, 6) is 0. The third-order valence-corrected chi connectivity index (χ3v) is 7.35. The lowest BCUT2D eigenvalue weighted by molar-refractivity contribution is 0.166. The van der Waals surface area contributed by atoms with Crippen LogP contribution in [0.25, 0.3) is 22.1 Å². The molecule has 0 radical (unpaired) electrons. The van der Waals surface area contributed by atoms with Gasteiger partial charge in [0.2, 0.25) is 0 Å². The molecule has 3 heterocycles. The van der Waals surface area contributed by atoms with Gasteiger partial charge in [0, 0.05) is 17.6 Å². The van der Waals surface area contributed by atoms with Gasteiger partial charge >= 0.3 is 6.09 Å². The predicted octanol–water partition coefficient (Wildman–Crippen LogP) is 2.47. The summed E-state index contributed by atoms with van der Waals surface area (Å²) in [6.07, 6.45) is 4.87. The second kappa shape index (κ2) is 7.34. The molecule has 1 fully saturated rings. The van der Waals surface area contributed by atoms with E-state index in [-0.39, 0.29) is 17.0 Å². The molecule has 31 heavy (non-hydrogen) atoms. The zero-order chi connectivity index (χ0) is 21.6. The number of nitrogens with one attached hydrogen (secondary N) is 1. The maximum atomic E-state index is 13.1. The Morgan fingerprint density at radius 1 is 1.19 bits per heavy atom. The van der Waals surface area contributed by atoms with Crippen molar-refractivity contribution >= 4 is 38.2 Å². The Morgan fingerprint density at radius 3 is 2.77 bits per heavy atom. The van der Waals surface area contributed by atoms with Crippen LogP contribution in [0.4, 0.5) is 4.79 Å². The number of amides is 1. The molecule has 0 aliphatic heterocycles. The van der Waals surface area contributed by atoms with Gasteiger partial charge in [0.1, 0.15) is 11.0 Å². The van der Waals surface area contributed by atoms with E-state index in [2.05, 4.69) is 25.3 Å². The summed E-state index contributed by atoms with van der Waals surface area (Å²) in [7, 11) is -2.45. The summed E-state index contributed by atoms with van der Waals surface area (Å²) >= 11 is 0. The van der Waals surface area contributed by atoms with Crippen molar-refractivity contribution < 1.29 is 17.9 Å². The minimum atomic E-state index is -3.79. The number of ether oxygens (including phenoxy) is 1. The highest BCUT2D eigenvalue weighted by Crippen LogP contribution is 2.34. The first kappa shape index (κ1) is 19.5. The van der Waals surface area contributed by atoms with Crippen LogP contribution in [-0.4, -0.2) is 51.6 Å². The van der Waals surface area contributed by atoms with Crippen LogP contribution in [0.15, 0.2) is 53.7 Å². The molecule has 1 aliphatic carbocycles. The van der Waals surface area contributed by atoms with E-state index < -0.39 is 16.1 Å². The number of carbonyl (C=O) groups is 1. The van der Waals surface area contributed by atoms with E-state index in [9.17, 15) is 13.2 Å². The van der Waals surface area contributed by atoms with E-state index in [1.54, 1.807) is 36.4 Å². The molecule has 5 rings (SSSR count). The van der Waals surface area contributed by atoms with Crippen molar-refractivity contribution in [3.05, 3.63) is 48.8 Å². The van der Waals surface area contributed by atoms with Crippen molar-refractivity contribution in [1.82, 2.24) is 29.3 Å². The van der Waals surface area contributed by atoms with Gasteiger partial charge in [-0.2, -0.15) is 0 Å². The maximum absolute atomic E-state index is 13.1. The molecule has 11 heteroatoms. The summed E-state index contributed by atoms with van der Waals surface area (Å²) in [6, 6.07) is 9.97. The van der Waals surface area contributed by atoms with Crippen LogP contribution in [0.5, 0.6) is 0 Å². The molecule has 4 aromatic rings. The fraction of sp³-hybridized carbons (Fsp3) is 0.300. The Morgan fingerprint density at radius 2 is 2.00 bits per heavy atom. The number of pyridine rings is 1. The van der Waals surface area contributed by atoms with Crippen molar-refractivity contribution in [3.8, 4) is 0 Å². The quantitative estimate of drug-likeness (QED) is 0.517. The smallest absolute Gasteiger partial charge is 0.407 e. The van der Waals surface area contributed by atoms with Crippen molar-refractivity contribution in [3.63, 3.8) is 0 Å². The summed E-state index contributed by atoms with van der Waals surface area (Å²) in [4.78, 5) is 16.1. The number of nitrogens with zero attached hydrogens (tertiary/aromatic N) is 5. The lowest BCUT2D eigenvalue weighted by Gasteiger charge is -2.13. The van der Waals surface area contributed by atoms with E-state index in [1.165, 1.54) is 23.5 Å². The minimum absolute atomic E-state index is 0.0166. The molecule has 10 nitrogen and oxygen atoms in total. The van der Waals surface area contributed by atoms with Crippen LogP contribution >= 0.6 is 0 Å². The second-order valence-electron chi connectivity index (χ2n) is 7.49. The van der Waals surface area contributed by atoms with Crippen molar-refractivity contribution in [1.29, 1.82) is 0 Å². The highest BCUT2D eigenvalue weighted by molar-refractivity contribution is 7.90. The highest BCUT2D eigenvalue weighted by atomic mass is 32.2. The molecular weight excluding hydrogens is 420 g/mol. The predicted molar refractivity (Wildman–Crippen MR) is 112 cm³/mol. The van der Waals surface area contributed by atoms with E-state index in [1.807, 2.05) is 4.68 Å². The third-order valence-electron chi connectivity index (χ3n) is 5.67. The zero-order valence-electron chi connectivity index (χ0n) is 16.7. The van der Waals surface area contributed by atoms with Crippen LogP contribution in [0.1, 0.15) is 25.3 Å². The van der Waals surface area contributed by atoms with Gasteiger partial charge in [-0.15, -0.1) is 5.10 Å². The molecule has 3 aromatic heterocycles. The highest BCUT2D eigenvalue weighted by Gasteiger charge is 2.30. The SMILES string of the molecule is COC(=O)NC1CCC(n2nnc3cnc4c(ccn4S(=O)(=O)c4ccccc4)c32)C1. The molecule has 1 aliphatic rings. The van der Waals surface area contributed by atoms with E-state index in [4.69, 9.17) is 0 Å². The number of methoxy groups -OCH3 is 1. The van der Waals surface area contributed by atoms with Gasteiger partial charge in [-0.1, -0.05) is 23.4 Å². The largest absolute Gasteiger partial charge is 0.453 e. The monoisotopic (exact) mass is 440 g/mol. The fourth-order valence-corrected chi connectivity index (χ4v) is 5.51. The number of aromatic nitrogens is 5. The number of benzene rings is 1. The molecule has 1 N–H and O–H groups in total. The Hall–Kier alpha value is -3.47. The standard InChI is InChI=1S/C20H20N6O4S/c1-30-20(27)22-13-7-8-14(11-13)26-18-16-9-10-25(19(16)21-12-17(18)23-24-26)31(28,29)15-5-3-2-4-6-15/h2-6,9-10,12-14H,7-8,11H2,1H3,(H,22,27). The van der Waals surface area contributed by atoms with Crippen LogP contribution in [0.3, 0.4) is 0 Å². The normalized spacial score (nSPS) is 19.1. The topological polar surface area (TPSA) is 121 Å². The summed E-state index contributed by atoms with van der Waals surface area (Å²) in [5, 5.41) is 12.0. The van der Waals surface area contributed by atoms with E-state index >= 15 is 0 Å². The molecule has 1 saturated carbocycles. The molecule has 1 amide bonds. The summed E-state index contributed by atoms with van der Waals surface area (Å²) in [6.45, 7) is 0. The maximum Gasteiger partial charge on any atom is 0.407 e. The number of alkyl carbamates (subject to hydrolysis) is 1. The molecule has 0 bridgehead atoms. The average Bonchev–Trinajstić information content (AvgIpc) is 3.51. The fourth-order valence-electron chi connectivity index (χ4n) is 4.19. The molecule has 1 aromatic carbocycles. The second-order valence-corrected chi connectivity index (χ2v) is 9.31. The Balaban J connectivity index is 1.56. The zero-order valence-corrected chi connectivity index (χ0v) is 17.5. The van der Waals surface area contributed by atoms with Gasteiger partial charge < -0.3 is 10.1 Å². The van der Waals surface area contributed by atoms with Crippen molar-refractivity contribution in [2.24, 2.45) is 0 Å². The number of rotatable bonds is 4. The minimum Gasteiger partial charge on any atom is -0.453 e. The lowest BCUT2D eigenvalue weighted by Crippen LogP contribution is -2.32. The Kier molecular flexibility index (Phi) is 4.62. The molecule has 2 atom stereocenters. The first-order valence-corrected chi connectivity index (χ1v) is 11.3. The first-order valence-electron chi connectivity index (χ1n) is 9.85. The van der Waals surface area contributed by atoms with Gasteiger partial charge in [0.15, 0.2) is 5.65 Å². The van der Waals surface area contributed by atoms with Gasteiger partial charge in [-0.3, -0.25) is 0 Å². The lowest BCUT2D eigenvalue weighted by atomic mass is 10.2. The summed E-state index contributed by atoms with van der Waals surface area (Å²) in [5.41, 5.74) is 1.64. The first-order chi connectivity index (χ1) is 15.0. The number of fused-ring (bicyclic) bond motifs is 3. The molecule has 0 saturated heterocycles. The number of hydrogen-bond donors (Lipinski definition) is 1. The Labute approximate surface area is 177 Å².